The van der Waals surface area contributed by atoms with E-state index in [0.717, 1.165) is 5.56 Å². The number of hydrogen-bond donors (Lipinski definition) is 1. The average Bonchev–Trinajstić information content (AvgIpc) is 2.56. The Balaban J connectivity index is 2.15. The van der Waals surface area contributed by atoms with Crippen molar-refractivity contribution in [3.8, 4) is 0 Å². The Kier molecular flexibility index (Phi) is 2.10. The van der Waals surface area contributed by atoms with Gasteiger partial charge in [0.2, 0.25) is 5.95 Å². The highest BCUT2D eigenvalue weighted by Gasteiger charge is 1.99. The first kappa shape index (κ1) is 8.61. The number of aromatic nitrogens is 5. The first-order valence-electron chi connectivity index (χ1n) is 4.16. The molecular weight excluding hydrogens is 180 g/mol. The molecule has 0 aliphatic carbocycles. The maximum atomic E-state index is 5.37. The van der Waals surface area contributed by atoms with Crippen LogP contribution < -0.4 is 5.73 Å². The summed E-state index contributed by atoms with van der Waals surface area (Å²) in [6, 6.07) is 0. The molecule has 2 aromatic heterocycles. The number of nitrogens with zero attached hydrogens (tertiary/aromatic N) is 5. The van der Waals surface area contributed by atoms with E-state index in [2.05, 4.69) is 20.1 Å². The largest absolute Gasteiger partial charge is 0.367 e. The molecule has 6 heteroatoms. The van der Waals surface area contributed by atoms with Crippen molar-refractivity contribution in [2.75, 3.05) is 5.73 Å². The predicted molar refractivity (Wildman–Crippen MR) is 50.3 cm³/mol. The molecule has 0 spiro atoms. The molecule has 0 amide bonds. The van der Waals surface area contributed by atoms with Gasteiger partial charge in [0.1, 0.15) is 18.7 Å². The van der Waals surface area contributed by atoms with Crippen LogP contribution in [0.1, 0.15) is 11.4 Å². The van der Waals surface area contributed by atoms with Gasteiger partial charge in [-0.25, -0.2) is 19.6 Å². The van der Waals surface area contributed by atoms with Crippen molar-refractivity contribution in [1.82, 2.24) is 24.7 Å². The van der Waals surface area contributed by atoms with Gasteiger partial charge in [0, 0.05) is 12.4 Å². The zero-order valence-corrected chi connectivity index (χ0v) is 7.75. The molecule has 0 bridgehead atoms. The van der Waals surface area contributed by atoms with Gasteiger partial charge < -0.3 is 5.73 Å². The van der Waals surface area contributed by atoms with Crippen molar-refractivity contribution in [2.45, 2.75) is 13.5 Å². The zero-order valence-electron chi connectivity index (χ0n) is 7.75. The average molecular weight is 190 g/mol. The fourth-order valence-corrected chi connectivity index (χ4v) is 1.03. The molecule has 0 saturated carbocycles. The summed E-state index contributed by atoms with van der Waals surface area (Å²) in [5.41, 5.74) is 6.41. The number of aryl methyl sites for hydroxylation is 1. The van der Waals surface area contributed by atoms with Gasteiger partial charge in [-0.2, -0.15) is 0 Å². The smallest absolute Gasteiger partial charge is 0.239 e. The van der Waals surface area contributed by atoms with Crippen LogP contribution in [0.5, 0.6) is 0 Å². The van der Waals surface area contributed by atoms with E-state index in [1.54, 1.807) is 23.4 Å². The molecule has 0 fully saturated rings. The van der Waals surface area contributed by atoms with Crippen LogP contribution >= 0.6 is 0 Å². The van der Waals surface area contributed by atoms with Crippen molar-refractivity contribution in [3.63, 3.8) is 0 Å². The standard InChI is InChI=1S/C8H10N6/c1-6-2-10-7(11-3-6)4-14-5-12-8(9)13-14/h2-3,5H,4H2,1H3,(H2,9,13). The molecule has 14 heavy (non-hydrogen) atoms. The first-order valence-corrected chi connectivity index (χ1v) is 4.16. The topological polar surface area (TPSA) is 82.5 Å². The van der Waals surface area contributed by atoms with Gasteiger partial charge >= 0.3 is 0 Å². The number of anilines is 1. The summed E-state index contributed by atoms with van der Waals surface area (Å²) in [6.07, 6.45) is 5.09. The third-order valence-corrected chi connectivity index (χ3v) is 1.69. The minimum Gasteiger partial charge on any atom is -0.367 e. The van der Waals surface area contributed by atoms with E-state index < -0.39 is 0 Å². The van der Waals surface area contributed by atoms with Gasteiger partial charge in [-0.15, -0.1) is 5.10 Å². The van der Waals surface area contributed by atoms with E-state index in [0.29, 0.717) is 12.4 Å². The summed E-state index contributed by atoms with van der Waals surface area (Å²) in [7, 11) is 0. The number of hydrogen-bond acceptors (Lipinski definition) is 5. The highest BCUT2D eigenvalue weighted by atomic mass is 15.4. The zero-order chi connectivity index (χ0) is 9.97. The van der Waals surface area contributed by atoms with Crippen molar-refractivity contribution < 1.29 is 0 Å². The van der Waals surface area contributed by atoms with Gasteiger partial charge in [0.25, 0.3) is 0 Å². The Labute approximate surface area is 80.8 Å². The third kappa shape index (κ3) is 1.85. The Morgan fingerprint density at radius 2 is 2.00 bits per heavy atom. The maximum absolute atomic E-state index is 5.37. The highest BCUT2D eigenvalue weighted by Crippen LogP contribution is 1.97. The summed E-state index contributed by atoms with van der Waals surface area (Å²) >= 11 is 0. The van der Waals surface area contributed by atoms with Crippen molar-refractivity contribution in [1.29, 1.82) is 0 Å². The van der Waals surface area contributed by atoms with Crippen LogP contribution in [0.2, 0.25) is 0 Å². The van der Waals surface area contributed by atoms with Crippen molar-refractivity contribution in [3.05, 3.63) is 30.1 Å². The van der Waals surface area contributed by atoms with E-state index in [1.807, 2.05) is 6.92 Å². The highest BCUT2D eigenvalue weighted by molar-refractivity contribution is 5.09. The van der Waals surface area contributed by atoms with Crippen LogP contribution in [0.3, 0.4) is 0 Å². The Morgan fingerprint density at radius 1 is 1.29 bits per heavy atom. The second kappa shape index (κ2) is 3.41. The van der Waals surface area contributed by atoms with Gasteiger partial charge in [-0.3, -0.25) is 0 Å². The van der Waals surface area contributed by atoms with Crippen LogP contribution in [0.15, 0.2) is 18.7 Å². The molecule has 72 valence electrons. The molecule has 2 rings (SSSR count). The summed E-state index contributed by atoms with van der Waals surface area (Å²) in [5, 5.41) is 3.93. The lowest BCUT2D eigenvalue weighted by molar-refractivity contribution is 0.654. The van der Waals surface area contributed by atoms with Crippen LogP contribution in [0, 0.1) is 6.92 Å². The van der Waals surface area contributed by atoms with Gasteiger partial charge in [-0.05, 0) is 12.5 Å². The van der Waals surface area contributed by atoms with Gasteiger partial charge in [-0.1, -0.05) is 0 Å². The third-order valence-electron chi connectivity index (χ3n) is 1.69. The molecule has 0 unspecified atom stereocenters. The molecule has 2 aromatic rings. The fraction of sp³-hybridized carbons (Fsp3) is 0.250. The first-order chi connectivity index (χ1) is 6.74. The van der Waals surface area contributed by atoms with E-state index >= 15 is 0 Å². The lowest BCUT2D eigenvalue weighted by atomic mass is 10.4. The molecule has 2 heterocycles. The van der Waals surface area contributed by atoms with Crippen LogP contribution in [-0.4, -0.2) is 24.7 Å². The molecular formula is C8H10N6. The number of nitrogens with two attached hydrogens (primary N) is 1. The molecule has 6 nitrogen and oxygen atoms in total. The molecule has 0 saturated heterocycles. The Bertz CT molecular complexity index is 418. The fourth-order valence-electron chi connectivity index (χ4n) is 1.03. The van der Waals surface area contributed by atoms with Gasteiger partial charge in [0.05, 0.1) is 0 Å². The van der Waals surface area contributed by atoms with Crippen molar-refractivity contribution >= 4 is 5.95 Å². The van der Waals surface area contributed by atoms with Gasteiger partial charge in [0.15, 0.2) is 0 Å². The lowest BCUT2D eigenvalue weighted by Gasteiger charge is -1.98. The van der Waals surface area contributed by atoms with E-state index in [-0.39, 0.29) is 5.95 Å². The predicted octanol–water partition coefficient (Wildman–Crippen LogP) is 0.00702. The van der Waals surface area contributed by atoms with Crippen LogP contribution in [-0.2, 0) is 6.54 Å². The van der Waals surface area contributed by atoms with Crippen LogP contribution in [0.4, 0.5) is 5.95 Å². The monoisotopic (exact) mass is 190 g/mol. The summed E-state index contributed by atoms with van der Waals surface area (Å²) in [6.45, 7) is 2.43. The molecule has 0 aliphatic rings. The molecule has 2 N–H and O–H groups in total. The normalized spacial score (nSPS) is 10.4. The SMILES string of the molecule is Cc1cnc(Cn2cnc(N)n2)nc1. The maximum Gasteiger partial charge on any atom is 0.239 e. The molecule has 0 aliphatic heterocycles. The van der Waals surface area contributed by atoms with E-state index in [1.165, 1.54) is 0 Å². The van der Waals surface area contributed by atoms with E-state index in [4.69, 9.17) is 5.73 Å². The Morgan fingerprint density at radius 3 is 2.57 bits per heavy atom. The number of nitrogen functional groups attached to an aromatic ring is 1. The molecule has 0 aromatic carbocycles. The second-order valence-corrected chi connectivity index (χ2v) is 2.98. The molecule has 0 radical (unpaired) electrons. The van der Waals surface area contributed by atoms with Crippen molar-refractivity contribution in [2.24, 2.45) is 0 Å². The lowest BCUT2D eigenvalue weighted by Crippen LogP contribution is -2.05. The molecule has 0 atom stereocenters. The summed E-state index contributed by atoms with van der Waals surface area (Å²) in [5.74, 6) is 0.956. The summed E-state index contributed by atoms with van der Waals surface area (Å²) < 4.78 is 1.60. The Hall–Kier alpha value is -1.98. The van der Waals surface area contributed by atoms with E-state index in [9.17, 15) is 0 Å². The second-order valence-electron chi connectivity index (χ2n) is 2.98. The summed E-state index contributed by atoms with van der Waals surface area (Å²) in [4.78, 5) is 12.1. The quantitative estimate of drug-likeness (QED) is 0.721. The number of rotatable bonds is 2. The minimum absolute atomic E-state index is 0.261. The minimum atomic E-state index is 0.261. The van der Waals surface area contributed by atoms with Crippen LogP contribution in [0.25, 0.3) is 0 Å².